The number of thioether (sulfide) groups is 1. The van der Waals surface area contributed by atoms with E-state index in [1.165, 1.54) is 36.0 Å². The van der Waals surface area contributed by atoms with E-state index in [0.717, 1.165) is 12.1 Å². The number of nitrogens with one attached hydrogen (secondary N) is 2. The van der Waals surface area contributed by atoms with E-state index in [2.05, 4.69) is 10.6 Å². The number of Topliss-reactive ketones (excluding diaryl/α,β-unsaturated/α-hetero) is 1. The van der Waals surface area contributed by atoms with Crippen LogP contribution in [0.4, 0.5) is 11.4 Å². The molecule has 2 N–H and O–H groups in total. The van der Waals surface area contributed by atoms with Crippen molar-refractivity contribution in [2.75, 3.05) is 30.5 Å². The van der Waals surface area contributed by atoms with Gasteiger partial charge in [0.1, 0.15) is 11.8 Å². The molecule has 0 spiro atoms. The van der Waals surface area contributed by atoms with Gasteiger partial charge in [-0.15, -0.1) is 0 Å². The summed E-state index contributed by atoms with van der Waals surface area (Å²) in [5.74, 6) is -1.49. The lowest BCUT2D eigenvalue weighted by Crippen LogP contribution is -2.42. The van der Waals surface area contributed by atoms with Crippen molar-refractivity contribution in [2.45, 2.75) is 12.5 Å². The first-order valence-electron chi connectivity index (χ1n) is 10.2. The molecule has 0 aromatic heterocycles. The topological polar surface area (TPSA) is 154 Å². The molecule has 13 heteroatoms. The number of ether oxygens (including phenoxy) is 2. The van der Waals surface area contributed by atoms with E-state index >= 15 is 0 Å². The van der Waals surface area contributed by atoms with Gasteiger partial charge in [0.2, 0.25) is 0 Å². The number of nitro benzene ring substituents is 1. The molecule has 0 fully saturated rings. The Morgan fingerprint density at radius 3 is 2.74 bits per heavy atom. The molecule has 1 atom stereocenters. The molecule has 0 saturated carbocycles. The second-order valence-corrected chi connectivity index (χ2v) is 8.70. The summed E-state index contributed by atoms with van der Waals surface area (Å²) >= 11 is 7.44. The van der Waals surface area contributed by atoms with Gasteiger partial charge in [-0.3, -0.25) is 24.5 Å². The number of rotatable bonds is 10. The molecule has 0 radical (unpaired) electrons. The SMILES string of the molecule is CSCCC(NC(=O)c1ccc([N+](=O)[O-])cc1Cl)C(=O)OCC(=O)c1ccc2c(c1)NC(=O)CO2. The second kappa shape index (κ2) is 11.7. The quantitative estimate of drug-likeness (QED) is 0.208. The maximum atomic E-state index is 12.7. The molecule has 3 rings (SSSR count). The van der Waals surface area contributed by atoms with Gasteiger partial charge < -0.3 is 20.1 Å². The first kappa shape index (κ1) is 26.0. The molecule has 0 saturated heterocycles. The third-order valence-electron chi connectivity index (χ3n) is 4.89. The predicted octanol–water partition coefficient (Wildman–Crippen LogP) is 2.86. The Balaban J connectivity index is 1.65. The molecule has 2 aromatic rings. The van der Waals surface area contributed by atoms with Gasteiger partial charge in [-0.05, 0) is 42.7 Å². The van der Waals surface area contributed by atoms with Gasteiger partial charge in [-0.25, -0.2) is 4.79 Å². The van der Waals surface area contributed by atoms with Crippen LogP contribution in [0.25, 0.3) is 0 Å². The zero-order chi connectivity index (χ0) is 25.5. The number of halogens is 1. The number of amides is 2. The Morgan fingerprint density at radius 2 is 2.06 bits per heavy atom. The van der Waals surface area contributed by atoms with Crippen molar-refractivity contribution < 1.29 is 33.6 Å². The Hall–Kier alpha value is -3.64. The molecular formula is C22H20ClN3O8S. The first-order chi connectivity index (χ1) is 16.7. The van der Waals surface area contributed by atoms with Crippen molar-refractivity contribution in [1.29, 1.82) is 0 Å². The van der Waals surface area contributed by atoms with Gasteiger partial charge in [-0.2, -0.15) is 11.8 Å². The van der Waals surface area contributed by atoms with Crippen molar-refractivity contribution in [3.05, 3.63) is 62.7 Å². The van der Waals surface area contributed by atoms with E-state index in [0.29, 0.717) is 17.2 Å². The van der Waals surface area contributed by atoms with Crippen LogP contribution in [0.3, 0.4) is 0 Å². The second-order valence-electron chi connectivity index (χ2n) is 7.31. The lowest BCUT2D eigenvalue weighted by Gasteiger charge is -2.19. The summed E-state index contributed by atoms with van der Waals surface area (Å²) in [5.41, 5.74) is 0.207. The van der Waals surface area contributed by atoms with Crippen LogP contribution in [-0.2, 0) is 14.3 Å². The van der Waals surface area contributed by atoms with Crippen LogP contribution < -0.4 is 15.4 Å². The molecule has 35 heavy (non-hydrogen) atoms. The van der Waals surface area contributed by atoms with E-state index in [-0.39, 0.29) is 40.8 Å². The maximum Gasteiger partial charge on any atom is 0.329 e. The number of fused-ring (bicyclic) bond motifs is 1. The molecule has 1 aliphatic heterocycles. The minimum absolute atomic E-state index is 0.0476. The highest BCUT2D eigenvalue weighted by molar-refractivity contribution is 7.98. The number of nitrogens with zero attached hydrogens (tertiary/aromatic N) is 1. The van der Waals surface area contributed by atoms with Crippen LogP contribution in [0.1, 0.15) is 27.1 Å². The lowest BCUT2D eigenvalue weighted by molar-refractivity contribution is -0.384. The predicted molar refractivity (Wildman–Crippen MR) is 128 cm³/mol. The van der Waals surface area contributed by atoms with E-state index < -0.39 is 35.2 Å². The molecule has 2 aromatic carbocycles. The third kappa shape index (κ3) is 6.70. The number of anilines is 1. The van der Waals surface area contributed by atoms with E-state index in [9.17, 15) is 29.3 Å². The molecule has 1 aliphatic rings. The Bertz CT molecular complexity index is 1190. The van der Waals surface area contributed by atoms with E-state index in [1.807, 2.05) is 6.26 Å². The van der Waals surface area contributed by atoms with Crippen molar-refractivity contribution in [3.63, 3.8) is 0 Å². The summed E-state index contributed by atoms with van der Waals surface area (Å²) in [6.07, 6.45) is 2.03. The number of ketones is 1. The van der Waals surface area contributed by atoms with Gasteiger partial charge in [-0.1, -0.05) is 11.6 Å². The number of carbonyl (C=O) groups excluding carboxylic acids is 4. The summed E-state index contributed by atoms with van der Waals surface area (Å²) in [6, 6.07) is 6.71. The number of hydrogen-bond donors (Lipinski definition) is 2. The molecule has 11 nitrogen and oxygen atoms in total. The normalized spacial score (nSPS) is 13.0. The maximum absolute atomic E-state index is 12.7. The third-order valence-corrected chi connectivity index (χ3v) is 5.85. The monoisotopic (exact) mass is 521 g/mol. The van der Waals surface area contributed by atoms with Crippen LogP contribution >= 0.6 is 23.4 Å². The largest absolute Gasteiger partial charge is 0.482 e. The summed E-state index contributed by atoms with van der Waals surface area (Å²) in [7, 11) is 0. The van der Waals surface area contributed by atoms with Crippen LogP contribution in [-0.4, -0.2) is 59.8 Å². The number of benzene rings is 2. The highest BCUT2D eigenvalue weighted by Gasteiger charge is 2.26. The van der Waals surface area contributed by atoms with Gasteiger partial charge in [0.05, 0.1) is 21.2 Å². The molecular weight excluding hydrogens is 502 g/mol. The van der Waals surface area contributed by atoms with Crippen molar-refractivity contribution in [2.24, 2.45) is 0 Å². The number of carbonyl (C=O) groups is 4. The van der Waals surface area contributed by atoms with Crippen LogP contribution in [0, 0.1) is 10.1 Å². The number of hydrogen-bond acceptors (Lipinski definition) is 9. The standard InChI is InChI=1S/C22H20ClN3O8S/c1-35-7-6-16(25-21(29)14-4-3-13(26(31)32)9-15(14)23)22(30)34-10-18(27)12-2-5-19-17(8-12)24-20(28)11-33-19/h2-5,8-9,16H,6-7,10-11H2,1H3,(H,24,28)(H,25,29). The van der Waals surface area contributed by atoms with Crippen LogP contribution in [0.2, 0.25) is 5.02 Å². The smallest absolute Gasteiger partial charge is 0.329 e. The van der Waals surface area contributed by atoms with Crippen molar-refractivity contribution >= 4 is 58.3 Å². The van der Waals surface area contributed by atoms with Crippen LogP contribution in [0.15, 0.2) is 36.4 Å². The highest BCUT2D eigenvalue weighted by Crippen LogP contribution is 2.28. The average molecular weight is 522 g/mol. The minimum atomic E-state index is -1.08. The molecule has 1 heterocycles. The fraction of sp³-hybridized carbons (Fsp3) is 0.273. The lowest BCUT2D eigenvalue weighted by atomic mass is 10.1. The number of non-ortho nitro benzene ring substituents is 1. The van der Waals surface area contributed by atoms with Crippen LogP contribution in [0.5, 0.6) is 5.75 Å². The summed E-state index contributed by atoms with van der Waals surface area (Å²) in [6.45, 7) is -0.706. The molecule has 2 amide bonds. The number of esters is 1. The summed E-state index contributed by atoms with van der Waals surface area (Å²) < 4.78 is 10.4. The van der Waals surface area contributed by atoms with Gasteiger partial charge >= 0.3 is 5.97 Å². The molecule has 0 bridgehead atoms. The Morgan fingerprint density at radius 1 is 1.29 bits per heavy atom. The highest BCUT2D eigenvalue weighted by atomic mass is 35.5. The Kier molecular flexibility index (Phi) is 8.66. The Labute approximate surface area is 208 Å². The van der Waals surface area contributed by atoms with E-state index in [4.69, 9.17) is 21.1 Å². The van der Waals surface area contributed by atoms with Gasteiger partial charge in [0.15, 0.2) is 19.0 Å². The molecule has 1 unspecified atom stereocenters. The fourth-order valence-electron chi connectivity index (χ4n) is 3.10. The van der Waals surface area contributed by atoms with Crippen molar-refractivity contribution in [1.82, 2.24) is 5.32 Å². The molecule has 184 valence electrons. The molecule has 0 aliphatic carbocycles. The zero-order valence-electron chi connectivity index (χ0n) is 18.4. The first-order valence-corrected chi connectivity index (χ1v) is 12.0. The summed E-state index contributed by atoms with van der Waals surface area (Å²) in [4.78, 5) is 59.5. The zero-order valence-corrected chi connectivity index (χ0v) is 19.9. The van der Waals surface area contributed by atoms with Crippen molar-refractivity contribution in [3.8, 4) is 5.75 Å². The minimum Gasteiger partial charge on any atom is -0.482 e. The van der Waals surface area contributed by atoms with Gasteiger partial charge in [0.25, 0.3) is 17.5 Å². The average Bonchev–Trinajstić information content (AvgIpc) is 2.83. The van der Waals surface area contributed by atoms with E-state index in [1.54, 1.807) is 0 Å². The fourth-order valence-corrected chi connectivity index (χ4v) is 3.83. The summed E-state index contributed by atoms with van der Waals surface area (Å²) in [5, 5.41) is 15.8. The van der Waals surface area contributed by atoms with Gasteiger partial charge in [0, 0.05) is 17.7 Å². The number of nitro groups is 1.